The Balaban J connectivity index is 2.57. The van der Waals surface area contributed by atoms with Gasteiger partial charge in [0.2, 0.25) is 10.0 Å². The van der Waals surface area contributed by atoms with Crippen molar-refractivity contribution in [3.05, 3.63) is 48.0 Å². The molecule has 166 valence electrons. The average Bonchev–Trinajstić information content (AvgIpc) is 2.69. The summed E-state index contributed by atoms with van der Waals surface area (Å²) in [5, 5.41) is 3.00. The molecule has 0 saturated heterocycles. The van der Waals surface area contributed by atoms with Gasteiger partial charge in [0.15, 0.2) is 0 Å². The maximum Gasteiger partial charge on any atom is 0.264 e. The van der Waals surface area contributed by atoms with Crippen molar-refractivity contribution in [3.63, 3.8) is 0 Å². The molecule has 0 aliphatic heterocycles. The zero-order chi connectivity index (χ0) is 22.5. The molecule has 0 aliphatic rings. The molecule has 0 unspecified atom stereocenters. The Hall–Kier alpha value is -2.24. The largest absolute Gasteiger partial charge is 0.383 e. The van der Waals surface area contributed by atoms with E-state index in [1.54, 1.807) is 13.8 Å². The zero-order valence-corrected chi connectivity index (χ0v) is 18.6. The van der Waals surface area contributed by atoms with E-state index in [0.717, 1.165) is 12.5 Å². The Bertz CT molecular complexity index is 1100. The first-order chi connectivity index (χ1) is 14.1. The summed E-state index contributed by atoms with van der Waals surface area (Å²) in [7, 11) is -8.38. The van der Waals surface area contributed by atoms with E-state index in [9.17, 15) is 25.6 Å². The van der Waals surface area contributed by atoms with Crippen LogP contribution in [0.25, 0.3) is 0 Å². The molecule has 30 heavy (non-hydrogen) atoms. The SMILES string of the molecule is CCCNc1ccc(S(=O)(=O)N(CC)CC)cc1NS(=O)(=O)c1cc(F)ccc1F. The molecular weight excluding hydrogens is 436 g/mol. The Morgan fingerprint density at radius 3 is 2.17 bits per heavy atom. The first kappa shape index (κ1) is 24.0. The summed E-state index contributed by atoms with van der Waals surface area (Å²) in [5.74, 6) is -2.04. The fourth-order valence-corrected chi connectivity index (χ4v) is 5.42. The van der Waals surface area contributed by atoms with Crippen molar-refractivity contribution in [1.82, 2.24) is 4.31 Å². The highest BCUT2D eigenvalue weighted by molar-refractivity contribution is 7.92. The van der Waals surface area contributed by atoms with Gasteiger partial charge < -0.3 is 5.32 Å². The Kier molecular flexibility index (Phi) is 7.78. The van der Waals surface area contributed by atoms with Crippen molar-refractivity contribution < 1.29 is 25.6 Å². The third-order valence-corrected chi connectivity index (χ3v) is 7.75. The minimum atomic E-state index is -4.52. The number of hydrogen-bond acceptors (Lipinski definition) is 5. The van der Waals surface area contributed by atoms with Crippen molar-refractivity contribution in [2.75, 3.05) is 29.7 Å². The molecule has 2 N–H and O–H groups in total. The highest BCUT2D eigenvalue weighted by Crippen LogP contribution is 2.30. The zero-order valence-electron chi connectivity index (χ0n) is 16.9. The van der Waals surface area contributed by atoms with E-state index in [0.29, 0.717) is 24.4 Å². The second-order valence-electron chi connectivity index (χ2n) is 6.40. The van der Waals surface area contributed by atoms with Crippen LogP contribution >= 0.6 is 0 Å². The van der Waals surface area contributed by atoms with Crippen LogP contribution in [0.3, 0.4) is 0 Å². The third kappa shape index (κ3) is 5.27. The molecule has 0 aliphatic carbocycles. The maximum absolute atomic E-state index is 14.0. The monoisotopic (exact) mass is 461 g/mol. The molecule has 0 spiro atoms. The number of benzene rings is 2. The van der Waals surface area contributed by atoms with Gasteiger partial charge in [-0.15, -0.1) is 0 Å². The molecule has 0 radical (unpaired) electrons. The van der Waals surface area contributed by atoms with Crippen LogP contribution in [0.4, 0.5) is 20.2 Å². The van der Waals surface area contributed by atoms with Gasteiger partial charge in [0.25, 0.3) is 10.0 Å². The summed E-state index contributed by atoms with van der Waals surface area (Å²) in [4.78, 5) is -0.994. The third-order valence-electron chi connectivity index (χ3n) is 4.33. The number of nitrogens with one attached hydrogen (secondary N) is 2. The molecule has 0 bridgehead atoms. The van der Waals surface area contributed by atoms with E-state index in [1.807, 2.05) is 6.92 Å². The second kappa shape index (κ2) is 9.71. The summed E-state index contributed by atoms with van der Waals surface area (Å²) in [6.07, 6.45) is 0.726. The summed E-state index contributed by atoms with van der Waals surface area (Å²) < 4.78 is 82.0. The van der Waals surface area contributed by atoms with Crippen LogP contribution in [0, 0.1) is 11.6 Å². The lowest BCUT2D eigenvalue weighted by Crippen LogP contribution is -2.30. The molecule has 2 aromatic carbocycles. The van der Waals surface area contributed by atoms with Crippen molar-refractivity contribution in [1.29, 1.82) is 0 Å². The van der Waals surface area contributed by atoms with Crippen LogP contribution in [0.15, 0.2) is 46.2 Å². The van der Waals surface area contributed by atoms with Gasteiger partial charge in [-0.1, -0.05) is 20.8 Å². The summed E-state index contributed by atoms with van der Waals surface area (Å²) in [6, 6.07) is 6.05. The second-order valence-corrected chi connectivity index (χ2v) is 9.99. The van der Waals surface area contributed by atoms with Gasteiger partial charge in [0.05, 0.1) is 16.3 Å². The number of sulfonamides is 2. The molecule has 7 nitrogen and oxygen atoms in total. The Labute approximate surface area is 176 Å². The van der Waals surface area contributed by atoms with Gasteiger partial charge in [-0.25, -0.2) is 25.6 Å². The number of halogens is 2. The van der Waals surface area contributed by atoms with Crippen molar-refractivity contribution in [2.45, 2.75) is 37.0 Å². The molecule has 0 amide bonds. The van der Waals surface area contributed by atoms with Gasteiger partial charge in [0.1, 0.15) is 16.5 Å². The number of rotatable bonds is 10. The fraction of sp³-hybridized carbons (Fsp3) is 0.368. The number of hydrogen-bond donors (Lipinski definition) is 2. The average molecular weight is 462 g/mol. The molecule has 2 rings (SSSR count). The van der Waals surface area contributed by atoms with Crippen LogP contribution in [-0.4, -0.2) is 40.8 Å². The predicted octanol–water partition coefficient (Wildman–Crippen LogP) is 3.62. The Morgan fingerprint density at radius 2 is 1.57 bits per heavy atom. The maximum atomic E-state index is 14.0. The number of anilines is 2. The van der Waals surface area contributed by atoms with E-state index in [2.05, 4.69) is 10.0 Å². The minimum Gasteiger partial charge on any atom is -0.383 e. The molecule has 0 heterocycles. The molecular formula is C19H25F2N3O4S2. The van der Waals surface area contributed by atoms with Crippen LogP contribution in [0.1, 0.15) is 27.2 Å². The van der Waals surface area contributed by atoms with Crippen LogP contribution < -0.4 is 10.0 Å². The first-order valence-corrected chi connectivity index (χ1v) is 12.3. The van der Waals surface area contributed by atoms with E-state index in [4.69, 9.17) is 0 Å². The van der Waals surface area contributed by atoms with Crippen LogP contribution in [0.2, 0.25) is 0 Å². The van der Waals surface area contributed by atoms with Crippen molar-refractivity contribution >= 4 is 31.4 Å². The lowest BCUT2D eigenvalue weighted by molar-refractivity contribution is 0.445. The van der Waals surface area contributed by atoms with E-state index >= 15 is 0 Å². The van der Waals surface area contributed by atoms with Gasteiger partial charge in [-0.2, -0.15) is 4.31 Å². The van der Waals surface area contributed by atoms with E-state index < -0.39 is 36.6 Å². The normalized spacial score (nSPS) is 12.2. The topological polar surface area (TPSA) is 95.6 Å². The van der Waals surface area contributed by atoms with Crippen molar-refractivity contribution in [3.8, 4) is 0 Å². The fourth-order valence-electron chi connectivity index (χ4n) is 2.78. The quantitative estimate of drug-likeness (QED) is 0.564. The minimum absolute atomic E-state index is 0.0830. The summed E-state index contributed by atoms with van der Waals surface area (Å²) >= 11 is 0. The molecule has 0 atom stereocenters. The number of nitrogens with zero attached hydrogens (tertiary/aromatic N) is 1. The standard InChI is InChI=1S/C19H25F2N3O4S2/c1-4-11-22-17-10-8-15(30(27,28)24(5-2)6-3)13-18(17)23-29(25,26)19-12-14(20)7-9-16(19)21/h7-10,12-13,22-23H,4-6,11H2,1-3H3. The summed E-state index contributed by atoms with van der Waals surface area (Å²) in [5.41, 5.74) is 0.232. The van der Waals surface area contributed by atoms with Crippen LogP contribution in [-0.2, 0) is 20.0 Å². The van der Waals surface area contributed by atoms with Gasteiger partial charge in [0, 0.05) is 19.6 Å². The van der Waals surface area contributed by atoms with Crippen molar-refractivity contribution in [2.24, 2.45) is 0 Å². The molecule has 0 aromatic heterocycles. The molecule has 2 aromatic rings. The lowest BCUT2D eigenvalue weighted by atomic mass is 10.2. The highest BCUT2D eigenvalue weighted by Gasteiger charge is 2.25. The van der Waals surface area contributed by atoms with E-state index in [-0.39, 0.29) is 23.7 Å². The predicted molar refractivity (Wildman–Crippen MR) is 112 cm³/mol. The molecule has 0 saturated carbocycles. The lowest BCUT2D eigenvalue weighted by Gasteiger charge is -2.20. The molecule has 11 heteroatoms. The Morgan fingerprint density at radius 1 is 0.900 bits per heavy atom. The van der Waals surface area contributed by atoms with Crippen LogP contribution in [0.5, 0.6) is 0 Å². The van der Waals surface area contributed by atoms with Gasteiger partial charge in [-0.3, -0.25) is 4.72 Å². The first-order valence-electron chi connectivity index (χ1n) is 9.42. The highest BCUT2D eigenvalue weighted by atomic mass is 32.2. The van der Waals surface area contributed by atoms with Gasteiger partial charge >= 0.3 is 0 Å². The molecule has 0 fully saturated rings. The smallest absolute Gasteiger partial charge is 0.264 e. The van der Waals surface area contributed by atoms with Gasteiger partial charge in [-0.05, 0) is 42.8 Å². The summed E-state index contributed by atoms with van der Waals surface area (Å²) in [6.45, 7) is 6.25. The van der Waals surface area contributed by atoms with E-state index in [1.165, 1.54) is 22.5 Å².